The van der Waals surface area contributed by atoms with E-state index in [9.17, 15) is 4.79 Å². The standard InChI is InChI=1S/C23H21NO2/c1-3-4-21-16(2)24-26-22(21)19-7-5-17(6-8-19)18-9-11-20(12-10-18)23(15-25)13-14-23/h3,5-12,15H,1,4,13-14H2,2H3. The molecule has 1 aromatic heterocycles. The molecular formula is C23H21NO2. The molecule has 3 aromatic rings. The lowest BCUT2D eigenvalue weighted by Crippen LogP contribution is -2.07. The smallest absolute Gasteiger partial charge is 0.170 e. The van der Waals surface area contributed by atoms with E-state index in [0.717, 1.165) is 64.8 Å². The van der Waals surface area contributed by atoms with Crippen LogP contribution in [0, 0.1) is 6.92 Å². The second-order valence-electron chi connectivity index (χ2n) is 7.00. The molecule has 1 fully saturated rings. The van der Waals surface area contributed by atoms with Gasteiger partial charge in [-0.25, -0.2) is 0 Å². The highest BCUT2D eigenvalue weighted by molar-refractivity contribution is 5.75. The van der Waals surface area contributed by atoms with Crippen LogP contribution in [-0.4, -0.2) is 11.4 Å². The molecule has 4 rings (SSSR count). The molecule has 0 saturated heterocycles. The topological polar surface area (TPSA) is 43.1 Å². The van der Waals surface area contributed by atoms with Gasteiger partial charge in [0.1, 0.15) is 6.29 Å². The summed E-state index contributed by atoms with van der Waals surface area (Å²) < 4.78 is 5.52. The number of carbonyl (C=O) groups is 1. The maximum absolute atomic E-state index is 11.3. The summed E-state index contributed by atoms with van der Waals surface area (Å²) >= 11 is 0. The number of aldehydes is 1. The number of aryl methyl sites for hydroxylation is 1. The largest absolute Gasteiger partial charge is 0.356 e. The normalized spacial score (nSPS) is 14.8. The van der Waals surface area contributed by atoms with Gasteiger partial charge in [0.2, 0.25) is 0 Å². The van der Waals surface area contributed by atoms with Gasteiger partial charge in [0.15, 0.2) is 5.76 Å². The van der Waals surface area contributed by atoms with Crippen LogP contribution in [0.25, 0.3) is 22.5 Å². The van der Waals surface area contributed by atoms with Gasteiger partial charge in [-0.05, 0) is 42.9 Å². The van der Waals surface area contributed by atoms with Crippen LogP contribution in [0.15, 0.2) is 65.7 Å². The van der Waals surface area contributed by atoms with Crippen molar-refractivity contribution < 1.29 is 9.32 Å². The predicted molar refractivity (Wildman–Crippen MR) is 103 cm³/mol. The lowest BCUT2D eigenvalue weighted by atomic mass is 9.94. The molecule has 0 atom stereocenters. The molecule has 0 aliphatic heterocycles. The Labute approximate surface area is 153 Å². The Morgan fingerprint density at radius 1 is 1.04 bits per heavy atom. The third-order valence-electron chi connectivity index (χ3n) is 5.29. The van der Waals surface area contributed by atoms with Crippen LogP contribution in [0.1, 0.15) is 29.7 Å². The summed E-state index contributed by atoms with van der Waals surface area (Å²) in [4.78, 5) is 11.3. The minimum atomic E-state index is -0.214. The highest BCUT2D eigenvalue weighted by Crippen LogP contribution is 2.46. The van der Waals surface area contributed by atoms with Crippen molar-refractivity contribution in [3.8, 4) is 22.5 Å². The van der Waals surface area contributed by atoms with Gasteiger partial charge in [-0.1, -0.05) is 59.8 Å². The van der Waals surface area contributed by atoms with Crippen LogP contribution in [-0.2, 0) is 16.6 Å². The molecule has 0 amide bonds. The van der Waals surface area contributed by atoms with E-state index in [-0.39, 0.29) is 5.41 Å². The van der Waals surface area contributed by atoms with Crippen LogP contribution in [0.3, 0.4) is 0 Å². The first-order valence-electron chi connectivity index (χ1n) is 8.90. The number of hydrogen-bond donors (Lipinski definition) is 0. The second-order valence-corrected chi connectivity index (χ2v) is 7.00. The molecular weight excluding hydrogens is 322 g/mol. The Morgan fingerprint density at radius 2 is 1.62 bits per heavy atom. The fourth-order valence-electron chi connectivity index (χ4n) is 3.42. The van der Waals surface area contributed by atoms with Gasteiger partial charge in [-0.2, -0.15) is 0 Å². The molecule has 3 nitrogen and oxygen atoms in total. The van der Waals surface area contributed by atoms with E-state index in [1.807, 2.05) is 13.0 Å². The molecule has 1 heterocycles. The van der Waals surface area contributed by atoms with Gasteiger partial charge < -0.3 is 9.32 Å². The highest BCUT2D eigenvalue weighted by Gasteiger charge is 2.44. The fourth-order valence-corrected chi connectivity index (χ4v) is 3.42. The summed E-state index contributed by atoms with van der Waals surface area (Å²) in [6, 6.07) is 16.6. The molecule has 1 aliphatic carbocycles. The average Bonchev–Trinajstić information content (AvgIpc) is 3.41. The minimum absolute atomic E-state index is 0.214. The number of nitrogens with zero attached hydrogens (tertiary/aromatic N) is 1. The average molecular weight is 343 g/mol. The monoisotopic (exact) mass is 343 g/mol. The zero-order valence-electron chi connectivity index (χ0n) is 14.9. The number of allylic oxidation sites excluding steroid dienone is 1. The van der Waals surface area contributed by atoms with Crippen molar-refractivity contribution in [1.29, 1.82) is 0 Å². The summed E-state index contributed by atoms with van der Waals surface area (Å²) in [6.45, 7) is 5.76. The predicted octanol–water partition coefficient (Wildman–Crippen LogP) is 5.28. The first-order valence-corrected chi connectivity index (χ1v) is 8.90. The number of carbonyl (C=O) groups excluding carboxylic acids is 1. The van der Waals surface area contributed by atoms with E-state index < -0.39 is 0 Å². The molecule has 26 heavy (non-hydrogen) atoms. The zero-order valence-corrected chi connectivity index (χ0v) is 14.9. The summed E-state index contributed by atoms with van der Waals surface area (Å²) in [5, 5.41) is 4.09. The maximum atomic E-state index is 11.3. The number of benzene rings is 2. The van der Waals surface area contributed by atoms with E-state index in [2.05, 4.69) is 60.3 Å². The van der Waals surface area contributed by atoms with Crippen LogP contribution >= 0.6 is 0 Å². The van der Waals surface area contributed by atoms with Crippen LogP contribution in [0.5, 0.6) is 0 Å². The lowest BCUT2D eigenvalue weighted by Gasteiger charge is -2.09. The van der Waals surface area contributed by atoms with Gasteiger partial charge in [0.25, 0.3) is 0 Å². The quantitative estimate of drug-likeness (QED) is 0.452. The fraction of sp³-hybridized carbons (Fsp3) is 0.217. The molecule has 1 aliphatic rings. The van der Waals surface area contributed by atoms with E-state index in [1.165, 1.54) is 0 Å². The number of hydrogen-bond acceptors (Lipinski definition) is 3. The first kappa shape index (κ1) is 16.5. The molecule has 0 N–H and O–H groups in total. The molecule has 1 saturated carbocycles. The maximum Gasteiger partial charge on any atom is 0.170 e. The molecule has 2 aromatic carbocycles. The Kier molecular flexibility index (Phi) is 4.08. The van der Waals surface area contributed by atoms with Gasteiger partial charge in [0.05, 0.1) is 11.1 Å². The number of rotatable bonds is 6. The molecule has 0 radical (unpaired) electrons. The van der Waals surface area contributed by atoms with Crippen molar-refractivity contribution in [2.75, 3.05) is 0 Å². The van der Waals surface area contributed by atoms with Gasteiger partial charge >= 0.3 is 0 Å². The third-order valence-corrected chi connectivity index (χ3v) is 5.29. The number of aromatic nitrogens is 1. The second kappa shape index (κ2) is 6.41. The zero-order chi connectivity index (χ0) is 18.1. The first-order chi connectivity index (χ1) is 12.7. The van der Waals surface area contributed by atoms with Crippen molar-refractivity contribution in [2.24, 2.45) is 0 Å². The highest BCUT2D eigenvalue weighted by atomic mass is 16.5. The Balaban J connectivity index is 1.60. The molecule has 3 heteroatoms. The van der Waals surface area contributed by atoms with Crippen molar-refractivity contribution in [3.05, 3.63) is 78.0 Å². The van der Waals surface area contributed by atoms with E-state index >= 15 is 0 Å². The van der Waals surface area contributed by atoms with Crippen molar-refractivity contribution in [1.82, 2.24) is 5.16 Å². The molecule has 0 unspecified atom stereocenters. The van der Waals surface area contributed by atoms with E-state index in [4.69, 9.17) is 4.52 Å². The van der Waals surface area contributed by atoms with Crippen molar-refractivity contribution in [2.45, 2.75) is 31.6 Å². The molecule has 0 bridgehead atoms. The van der Waals surface area contributed by atoms with Gasteiger partial charge in [-0.15, -0.1) is 6.58 Å². The minimum Gasteiger partial charge on any atom is -0.356 e. The van der Waals surface area contributed by atoms with Gasteiger partial charge in [-0.3, -0.25) is 0 Å². The molecule has 0 spiro atoms. The summed E-state index contributed by atoms with van der Waals surface area (Å²) in [5.41, 5.74) is 6.19. The van der Waals surface area contributed by atoms with Crippen molar-refractivity contribution >= 4 is 6.29 Å². The Hall–Kier alpha value is -2.94. The van der Waals surface area contributed by atoms with Crippen LogP contribution in [0.2, 0.25) is 0 Å². The van der Waals surface area contributed by atoms with E-state index in [0.29, 0.717) is 0 Å². The Bertz CT molecular complexity index is 945. The summed E-state index contributed by atoms with van der Waals surface area (Å²) in [5.74, 6) is 0.811. The lowest BCUT2D eigenvalue weighted by molar-refractivity contribution is -0.109. The van der Waals surface area contributed by atoms with Crippen LogP contribution < -0.4 is 0 Å². The van der Waals surface area contributed by atoms with Crippen LogP contribution in [0.4, 0.5) is 0 Å². The van der Waals surface area contributed by atoms with E-state index in [1.54, 1.807) is 0 Å². The Morgan fingerprint density at radius 3 is 2.15 bits per heavy atom. The SMILES string of the molecule is C=CCc1c(C)noc1-c1ccc(-c2ccc(C3(C=O)CC3)cc2)cc1. The summed E-state index contributed by atoms with van der Waals surface area (Å²) in [6.07, 6.45) is 5.64. The van der Waals surface area contributed by atoms with Gasteiger partial charge in [0, 0.05) is 11.1 Å². The third kappa shape index (κ3) is 2.80. The van der Waals surface area contributed by atoms with Crippen molar-refractivity contribution in [3.63, 3.8) is 0 Å². The summed E-state index contributed by atoms with van der Waals surface area (Å²) in [7, 11) is 0. The molecule has 130 valence electrons.